The predicted octanol–water partition coefficient (Wildman–Crippen LogP) is 3.26. The molecule has 0 saturated carbocycles. The molecule has 0 amide bonds. The van der Waals surface area contributed by atoms with E-state index >= 15 is 0 Å². The SMILES string of the molecule is COc1cc(Cl)ccc1C(=O)C(C)CN1CCCC1. The topological polar surface area (TPSA) is 29.5 Å². The van der Waals surface area contributed by atoms with Gasteiger partial charge in [-0.25, -0.2) is 0 Å². The van der Waals surface area contributed by atoms with Crippen LogP contribution in [0.2, 0.25) is 5.02 Å². The maximum Gasteiger partial charge on any atom is 0.170 e. The average molecular weight is 282 g/mol. The molecule has 1 saturated heterocycles. The normalized spacial score (nSPS) is 17.4. The first-order valence-electron chi connectivity index (χ1n) is 6.72. The number of methoxy groups -OCH3 is 1. The highest BCUT2D eigenvalue weighted by Gasteiger charge is 2.23. The Balaban J connectivity index is 2.09. The Labute approximate surface area is 119 Å². The second-order valence-electron chi connectivity index (χ2n) is 5.12. The van der Waals surface area contributed by atoms with Gasteiger partial charge in [-0.3, -0.25) is 4.79 Å². The Morgan fingerprint density at radius 2 is 2.11 bits per heavy atom. The molecule has 0 spiro atoms. The van der Waals surface area contributed by atoms with E-state index in [-0.39, 0.29) is 11.7 Å². The molecule has 0 aromatic heterocycles. The molecule has 2 rings (SSSR count). The summed E-state index contributed by atoms with van der Waals surface area (Å²) in [7, 11) is 1.56. The Bertz CT molecular complexity index is 455. The molecule has 1 aliphatic heterocycles. The molecule has 1 aromatic rings. The molecule has 1 aliphatic rings. The molecule has 1 fully saturated rings. The summed E-state index contributed by atoms with van der Waals surface area (Å²) in [4.78, 5) is 14.8. The third-order valence-electron chi connectivity index (χ3n) is 3.61. The van der Waals surface area contributed by atoms with Crippen molar-refractivity contribution in [3.05, 3.63) is 28.8 Å². The molecular formula is C15H20ClNO2. The van der Waals surface area contributed by atoms with E-state index in [4.69, 9.17) is 16.3 Å². The molecule has 0 bridgehead atoms. The lowest BCUT2D eigenvalue weighted by Gasteiger charge is -2.20. The minimum atomic E-state index is -0.0202. The second kappa shape index (κ2) is 6.40. The van der Waals surface area contributed by atoms with Gasteiger partial charge < -0.3 is 9.64 Å². The van der Waals surface area contributed by atoms with E-state index in [0.717, 1.165) is 19.6 Å². The lowest BCUT2D eigenvalue weighted by atomic mass is 9.98. The Hall–Kier alpha value is -1.06. The minimum Gasteiger partial charge on any atom is -0.496 e. The second-order valence-corrected chi connectivity index (χ2v) is 5.55. The summed E-state index contributed by atoms with van der Waals surface area (Å²) < 4.78 is 5.25. The van der Waals surface area contributed by atoms with Gasteiger partial charge in [-0.15, -0.1) is 0 Å². The molecule has 0 aliphatic carbocycles. The van der Waals surface area contributed by atoms with Crippen molar-refractivity contribution in [2.45, 2.75) is 19.8 Å². The minimum absolute atomic E-state index is 0.0202. The number of hydrogen-bond acceptors (Lipinski definition) is 3. The van der Waals surface area contributed by atoms with E-state index in [2.05, 4.69) is 4.90 Å². The number of ether oxygens (including phenoxy) is 1. The van der Waals surface area contributed by atoms with Gasteiger partial charge in [-0.2, -0.15) is 0 Å². The highest BCUT2D eigenvalue weighted by molar-refractivity contribution is 6.30. The van der Waals surface area contributed by atoms with Crippen LogP contribution >= 0.6 is 11.6 Å². The Morgan fingerprint density at radius 3 is 2.74 bits per heavy atom. The van der Waals surface area contributed by atoms with E-state index < -0.39 is 0 Å². The van der Waals surface area contributed by atoms with Crippen LogP contribution in [-0.2, 0) is 0 Å². The van der Waals surface area contributed by atoms with Crippen molar-refractivity contribution < 1.29 is 9.53 Å². The zero-order valence-electron chi connectivity index (χ0n) is 11.5. The zero-order chi connectivity index (χ0) is 13.8. The quantitative estimate of drug-likeness (QED) is 0.776. The predicted molar refractivity (Wildman–Crippen MR) is 77.2 cm³/mol. The van der Waals surface area contributed by atoms with Gasteiger partial charge >= 0.3 is 0 Å². The van der Waals surface area contributed by atoms with Crippen molar-refractivity contribution in [2.75, 3.05) is 26.7 Å². The maximum absolute atomic E-state index is 12.5. The van der Waals surface area contributed by atoms with Gasteiger partial charge in [0.15, 0.2) is 5.78 Å². The lowest BCUT2D eigenvalue weighted by molar-refractivity contribution is 0.0900. The van der Waals surface area contributed by atoms with E-state index in [0.29, 0.717) is 16.3 Å². The van der Waals surface area contributed by atoms with Gasteiger partial charge in [0.1, 0.15) is 5.75 Å². The molecule has 104 valence electrons. The van der Waals surface area contributed by atoms with Crippen molar-refractivity contribution in [3.63, 3.8) is 0 Å². The van der Waals surface area contributed by atoms with E-state index in [1.54, 1.807) is 25.3 Å². The number of likely N-dealkylation sites (tertiary alicyclic amines) is 1. The molecule has 4 heteroatoms. The van der Waals surface area contributed by atoms with Crippen molar-refractivity contribution in [1.82, 2.24) is 4.90 Å². The molecule has 1 unspecified atom stereocenters. The number of halogens is 1. The number of hydrogen-bond donors (Lipinski definition) is 0. The molecule has 19 heavy (non-hydrogen) atoms. The molecule has 1 aromatic carbocycles. The van der Waals surface area contributed by atoms with Crippen molar-refractivity contribution in [3.8, 4) is 5.75 Å². The van der Waals surface area contributed by atoms with Crippen molar-refractivity contribution in [2.24, 2.45) is 5.92 Å². The van der Waals surface area contributed by atoms with Crippen molar-refractivity contribution in [1.29, 1.82) is 0 Å². The first-order chi connectivity index (χ1) is 9.11. The summed E-state index contributed by atoms with van der Waals surface area (Å²) in [6.07, 6.45) is 2.48. The van der Waals surface area contributed by atoms with E-state index in [1.165, 1.54) is 12.8 Å². The van der Waals surface area contributed by atoms with Crippen LogP contribution in [0.5, 0.6) is 5.75 Å². The summed E-state index contributed by atoms with van der Waals surface area (Å²) >= 11 is 5.92. The standard InChI is InChI=1S/C15H20ClNO2/c1-11(10-17-7-3-4-8-17)15(18)13-6-5-12(16)9-14(13)19-2/h5-6,9,11H,3-4,7-8,10H2,1-2H3. The number of nitrogens with zero attached hydrogens (tertiary/aromatic N) is 1. The average Bonchev–Trinajstić information content (AvgIpc) is 2.90. The number of ketones is 1. The fraction of sp³-hybridized carbons (Fsp3) is 0.533. The summed E-state index contributed by atoms with van der Waals surface area (Å²) in [6, 6.07) is 5.18. The maximum atomic E-state index is 12.5. The number of rotatable bonds is 5. The lowest BCUT2D eigenvalue weighted by Crippen LogP contribution is -2.29. The highest BCUT2D eigenvalue weighted by Crippen LogP contribution is 2.26. The number of carbonyl (C=O) groups is 1. The molecular weight excluding hydrogens is 262 g/mol. The van der Waals surface area contributed by atoms with Gasteiger partial charge in [0.25, 0.3) is 0 Å². The number of Topliss-reactive ketones (excluding diaryl/α,β-unsaturated/α-hetero) is 1. The van der Waals surface area contributed by atoms with Crippen LogP contribution in [0.1, 0.15) is 30.1 Å². The summed E-state index contributed by atoms with van der Waals surface area (Å²) in [5, 5.41) is 0.584. The largest absolute Gasteiger partial charge is 0.496 e. The van der Waals surface area contributed by atoms with Crippen molar-refractivity contribution >= 4 is 17.4 Å². The van der Waals surface area contributed by atoms with Gasteiger partial charge in [0.05, 0.1) is 12.7 Å². The fourth-order valence-corrected chi connectivity index (χ4v) is 2.73. The van der Waals surface area contributed by atoms with E-state index in [1.807, 2.05) is 6.92 Å². The van der Waals surface area contributed by atoms with Gasteiger partial charge in [-0.1, -0.05) is 18.5 Å². The first-order valence-corrected chi connectivity index (χ1v) is 7.09. The van der Waals surface area contributed by atoms with Gasteiger partial charge in [0.2, 0.25) is 0 Å². The van der Waals surface area contributed by atoms with Crippen LogP contribution in [-0.4, -0.2) is 37.4 Å². The summed E-state index contributed by atoms with van der Waals surface area (Å²) in [6.45, 7) is 5.02. The highest BCUT2D eigenvalue weighted by atomic mass is 35.5. The van der Waals surface area contributed by atoms with Crippen LogP contribution in [0, 0.1) is 5.92 Å². The van der Waals surface area contributed by atoms with Crippen LogP contribution in [0.25, 0.3) is 0 Å². The zero-order valence-corrected chi connectivity index (χ0v) is 12.2. The monoisotopic (exact) mass is 281 g/mol. The Kier molecular flexibility index (Phi) is 4.83. The molecule has 0 radical (unpaired) electrons. The fourth-order valence-electron chi connectivity index (χ4n) is 2.57. The third-order valence-corrected chi connectivity index (χ3v) is 3.84. The van der Waals surface area contributed by atoms with Crippen LogP contribution < -0.4 is 4.74 Å². The number of carbonyl (C=O) groups excluding carboxylic acids is 1. The Morgan fingerprint density at radius 1 is 1.42 bits per heavy atom. The summed E-state index contributed by atoms with van der Waals surface area (Å²) in [5.41, 5.74) is 0.624. The number of benzene rings is 1. The smallest absolute Gasteiger partial charge is 0.170 e. The van der Waals surface area contributed by atoms with E-state index in [9.17, 15) is 4.79 Å². The van der Waals surface area contributed by atoms with Gasteiger partial charge in [-0.05, 0) is 44.1 Å². The molecule has 1 heterocycles. The molecule has 1 atom stereocenters. The van der Waals surface area contributed by atoms with Crippen LogP contribution in [0.4, 0.5) is 0 Å². The third kappa shape index (κ3) is 3.48. The van der Waals surface area contributed by atoms with Crippen LogP contribution in [0.3, 0.4) is 0 Å². The first kappa shape index (κ1) is 14.4. The molecule has 0 N–H and O–H groups in total. The van der Waals surface area contributed by atoms with Gasteiger partial charge in [0, 0.05) is 17.5 Å². The van der Waals surface area contributed by atoms with Crippen LogP contribution in [0.15, 0.2) is 18.2 Å². The molecule has 3 nitrogen and oxygen atoms in total. The summed E-state index contributed by atoms with van der Waals surface area (Å²) in [5.74, 6) is 0.666.